The van der Waals surface area contributed by atoms with Crippen molar-refractivity contribution in [2.45, 2.75) is 44.9 Å². The van der Waals surface area contributed by atoms with Gasteiger partial charge in [0.15, 0.2) is 0 Å². The Balaban J connectivity index is 2.14. The first-order valence-corrected chi connectivity index (χ1v) is 7.17. The molecule has 106 valence electrons. The average Bonchev–Trinajstić information content (AvgIpc) is 2.45. The molecule has 0 saturated carbocycles. The third-order valence-corrected chi connectivity index (χ3v) is 4.15. The number of hydrogen-bond donors (Lipinski definition) is 1. The van der Waals surface area contributed by atoms with Crippen molar-refractivity contribution >= 4 is 0 Å². The largest absolute Gasteiger partial charge is 0.378 e. The number of hydrogen-bond acceptors (Lipinski definition) is 4. The van der Waals surface area contributed by atoms with Gasteiger partial charge < -0.3 is 10.5 Å². The number of nitrogens with zero attached hydrogens (tertiary/aromatic N) is 2. The lowest BCUT2D eigenvalue weighted by atomic mass is 9.85. The highest BCUT2D eigenvalue weighted by Gasteiger charge is 2.39. The van der Waals surface area contributed by atoms with Crippen molar-refractivity contribution in [1.82, 2.24) is 9.88 Å². The molecular weight excluding hydrogens is 238 g/mol. The molecule has 1 aliphatic heterocycles. The predicted molar refractivity (Wildman–Crippen MR) is 76.8 cm³/mol. The third-order valence-electron chi connectivity index (χ3n) is 4.15. The van der Waals surface area contributed by atoms with Gasteiger partial charge in [-0.05, 0) is 38.4 Å². The number of ether oxygens (including phenoxy) is 1. The topological polar surface area (TPSA) is 51.4 Å². The first kappa shape index (κ1) is 14.4. The minimum atomic E-state index is 0.0595. The molecule has 1 aliphatic rings. The molecule has 1 aromatic heterocycles. The van der Waals surface area contributed by atoms with Crippen LogP contribution >= 0.6 is 0 Å². The molecule has 2 N–H and O–H groups in total. The predicted octanol–water partition coefficient (Wildman–Crippen LogP) is 1.80. The highest BCUT2D eigenvalue weighted by molar-refractivity contribution is 5.05. The third kappa shape index (κ3) is 3.32. The molecule has 4 heteroatoms. The van der Waals surface area contributed by atoms with Gasteiger partial charge in [0.1, 0.15) is 0 Å². The van der Waals surface area contributed by atoms with Crippen LogP contribution in [-0.2, 0) is 11.3 Å². The Bertz CT molecular complexity index is 384. The van der Waals surface area contributed by atoms with Crippen LogP contribution in [0.15, 0.2) is 24.4 Å². The van der Waals surface area contributed by atoms with E-state index in [0.29, 0.717) is 6.54 Å². The van der Waals surface area contributed by atoms with Gasteiger partial charge in [-0.1, -0.05) is 13.0 Å². The van der Waals surface area contributed by atoms with Crippen LogP contribution < -0.4 is 5.73 Å². The number of pyridine rings is 1. The van der Waals surface area contributed by atoms with Gasteiger partial charge in [-0.2, -0.15) is 0 Å². The van der Waals surface area contributed by atoms with Gasteiger partial charge in [0.05, 0.1) is 11.8 Å². The fourth-order valence-corrected chi connectivity index (χ4v) is 3.05. The molecule has 0 aliphatic carbocycles. The quantitative estimate of drug-likeness (QED) is 0.880. The van der Waals surface area contributed by atoms with Crippen LogP contribution in [0.25, 0.3) is 0 Å². The molecule has 19 heavy (non-hydrogen) atoms. The molecule has 0 radical (unpaired) electrons. The molecule has 0 spiro atoms. The standard InChI is InChI=1S/C15H25N3O/c1-3-18(11-14-6-4-5-8-17-14)15(12-16)7-9-19-13(2)10-15/h4-6,8,13H,3,7,9-12,16H2,1-2H3. The van der Waals surface area contributed by atoms with E-state index in [1.54, 1.807) is 0 Å². The van der Waals surface area contributed by atoms with Crippen LogP contribution in [-0.4, -0.2) is 41.2 Å². The Morgan fingerprint density at radius 1 is 1.53 bits per heavy atom. The lowest BCUT2D eigenvalue weighted by Crippen LogP contribution is -2.57. The molecule has 1 saturated heterocycles. The second-order valence-electron chi connectivity index (χ2n) is 5.40. The van der Waals surface area contributed by atoms with Crippen LogP contribution in [0, 0.1) is 0 Å². The summed E-state index contributed by atoms with van der Waals surface area (Å²) in [6.07, 6.45) is 4.15. The summed E-state index contributed by atoms with van der Waals surface area (Å²) in [6, 6.07) is 6.07. The van der Waals surface area contributed by atoms with E-state index in [1.807, 2.05) is 18.3 Å². The van der Waals surface area contributed by atoms with Crippen LogP contribution in [0.4, 0.5) is 0 Å². The fourth-order valence-electron chi connectivity index (χ4n) is 3.05. The maximum Gasteiger partial charge on any atom is 0.0565 e. The number of rotatable bonds is 5. The van der Waals surface area contributed by atoms with Gasteiger partial charge in [-0.3, -0.25) is 9.88 Å². The van der Waals surface area contributed by atoms with E-state index in [2.05, 4.69) is 29.8 Å². The molecule has 1 fully saturated rings. The lowest BCUT2D eigenvalue weighted by molar-refractivity contribution is -0.0655. The smallest absolute Gasteiger partial charge is 0.0565 e. The summed E-state index contributed by atoms with van der Waals surface area (Å²) in [5, 5.41) is 0. The Kier molecular flexibility index (Phi) is 4.91. The Morgan fingerprint density at radius 2 is 2.37 bits per heavy atom. The first-order valence-electron chi connectivity index (χ1n) is 7.17. The normalized spacial score (nSPS) is 27.7. The molecule has 0 amide bonds. The summed E-state index contributed by atoms with van der Waals surface area (Å²) in [4.78, 5) is 6.90. The van der Waals surface area contributed by atoms with Crippen molar-refractivity contribution in [2.24, 2.45) is 5.73 Å². The van der Waals surface area contributed by atoms with E-state index in [9.17, 15) is 0 Å². The zero-order valence-electron chi connectivity index (χ0n) is 12.0. The summed E-state index contributed by atoms with van der Waals surface area (Å²) in [6.45, 7) is 7.67. The lowest BCUT2D eigenvalue weighted by Gasteiger charge is -2.47. The van der Waals surface area contributed by atoms with Crippen LogP contribution in [0.2, 0.25) is 0 Å². The van der Waals surface area contributed by atoms with E-state index < -0.39 is 0 Å². The van der Waals surface area contributed by atoms with Crippen molar-refractivity contribution in [3.63, 3.8) is 0 Å². The van der Waals surface area contributed by atoms with Crippen molar-refractivity contribution < 1.29 is 4.74 Å². The Morgan fingerprint density at radius 3 is 2.95 bits per heavy atom. The van der Waals surface area contributed by atoms with Gasteiger partial charge in [0.25, 0.3) is 0 Å². The summed E-state index contributed by atoms with van der Waals surface area (Å²) < 4.78 is 5.68. The van der Waals surface area contributed by atoms with E-state index in [1.165, 1.54) is 0 Å². The minimum Gasteiger partial charge on any atom is -0.378 e. The van der Waals surface area contributed by atoms with Gasteiger partial charge in [0, 0.05) is 31.4 Å². The highest BCUT2D eigenvalue weighted by atomic mass is 16.5. The SMILES string of the molecule is CCN(Cc1ccccn1)C1(CN)CCOC(C)C1. The molecule has 2 rings (SSSR count). The van der Waals surface area contributed by atoms with Crippen molar-refractivity contribution in [3.05, 3.63) is 30.1 Å². The molecule has 2 atom stereocenters. The number of likely N-dealkylation sites (N-methyl/N-ethyl adjacent to an activating group) is 1. The minimum absolute atomic E-state index is 0.0595. The van der Waals surface area contributed by atoms with Crippen LogP contribution in [0.3, 0.4) is 0 Å². The van der Waals surface area contributed by atoms with Crippen molar-refractivity contribution in [3.8, 4) is 0 Å². The Hall–Kier alpha value is -0.970. The van der Waals surface area contributed by atoms with Crippen molar-refractivity contribution in [1.29, 1.82) is 0 Å². The summed E-state index contributed by atoms with van der Waals surface area (Å²) in [7, 11) is 0. The van der Waals surface area contributed by atoms with Gasteiger partial charge >= 0.3 is 0 Å². The molecule has 2 heterocycles. The first-order chi connectivity index (χ1) is 9.20. The maximum atomic E-state index is 6.11. The van der Waals surface area contributed by atoms with E-state index in [-0.39, 0.29) is 11.6 Å². The molecular formula is C15H25N3O. The zero-order valence-corrected chi connectivity index (χ0v) is 12.0. The van der Waals surface area contributed by atoms with Gasteiger partial charge in [-0.15, -0.1) is 0 Å². The van der Waals surface area contributed by atoms with E-state index in [4.69, 9.17) is 10.5 Å². The monoisotopic (exact) mass is 263 g/mol. The summed E-state index contributed by atoms with van der Waals surface area (Å²) in [5.74, 6) is 0. The highest BCUT2D eigenvalue weighted by Crippen LogP contribution is 2.31. The molecule has 0 aromatic carbocycles. The van der Waals surface area contributed by atoms with Crippen molar-refractivity contribution in [2.75, 3.05) is 19.7 Å². The summed E-state index contributed by atoms with van der Waals surface area (Å²) >= 11 is 0. The molecule has 2 unspecified atom stereocenters. The van der Waals surface area contributed by atoms with E-state index in [0.717, 1.165) is 38.2 Å². The second-order valence-corrected chi connectivity index (χ2v) is 5.40. The van der Waals surface area contributed by atoms with Gasteiger partial charge in [-0.25, -0.2) is 0 Å². The molecule has 0 bridgehead atoms. The molecule has 1 aromatic rings. The zero-order chi connectivity index (χ0) is 13.7. The fraction of sp³-hybridized carbons (Fsp3) is 0.667. The second kappa shape index (κ2) is 6.46. The average molecular weight is 263 g/mol. The van der Waals surface area contributed by atoms with E-state index >= 15 is 0 Å². The van der Waals surface area contributed by atoms with Crippen LogP contribution in [0.1, 0.15) is 32.4 Å². The number of aromatic nitrogens is 1. The molecule has 4 nitrogen and oxygen atoms in total. The van der Waals surface area contributed by atoms with Gasteiger partial charge in [0.2, 0.25) is 0 Å². The summed E-state index contributed by atoms with van der Waals surface area (Å²) in [5.41, 5.74) is 7.28. The maximum absolute atomic E-state index is 6.11. The number of nitrogens with two attached hydrogens (primary N) is 1. The Labute approximate surface area is 116 Å². The van der Waals surface area contributed by atoms with Crippen LogP contribution in [0.5, 0.6) is 0 Å².